The molecular weight excluding hydrogens is 414 g/mol. The van der Waals surface area contributed by atoms with E-state index < -0.39 is 5.91 Å². The van der Waals surface area contributed by atoms with E-state index in [1.54, 1.807) is 0 Å². The highest BCUT2D eigenvalue weighted by atomic mass is 16.1. The van der Waals surface area contributed by atoms with Crippen LogP contribution in [0.2, 0.25) is 0 Å². The summed E-state index contributed by atoms with van der Waals surface area (Å²) in [5.74, 6) is 0.266. The Hall–Kier alpha value is -3.81. The number of benzene rings is 2. The average molecular weight is 444 g/mol. The molecule has 2 aromatic carbocycles. The number of nitrogens with two attached hydrogens (primary N) is 1. The van der Waals surface area contributed by atoms with Gasteiger partial charge in [0.05, 0.1) is 17.0 Å². The van der Waals surface area contributed by atoms with Gasteiger partial charge in [0.25, 0.3) is 5.91 Å². The summed E-state index contributed by atoms with van der Waals surface area (Å²) in [4.78, 5) is 12.4. The molecule has 0 fully saturated rings. The minimum absolute atomic E-state index is 0.123. The number of hydrogen-bond acceptors (Lipinski definition) is 5. The zero-order valence-corrected chi connectivity index (χ0v) is 19.2. The second-order valence-electron chi connectivity index (χ2n) is 8.46. The number of aromatic nitrogens is 6. The highest BCUT2D eigenvalue weighted by molar-refractivity contribution is 5.95. The van der Waals surface area contributed by atoms with Crippen LogP contribution in [-0.2, 0) is 13.0 Å². The van der Waals surface area contributed by atoms with Gasteiger partial charge in [-0.3, -0.25) is 9.48 Å². The molecule has 8 heteroatoms. The fourth-order valence-electron chi connectivity index (χ4n) is 4.06. The van der Waals surface area contributed by atoms with Crippen molar-refractivity contribution in [3.05, 3.63) is 71.0 Å². The Morgan fingerprint density at radius 1 is 1.09 bits per heavy atom. The van der Waals surface area contributed by atoms with Gasteiger partial charge in [-0.15, -0.1) is 10.2 Å². The average Bonchev–Trinajstić information content (AvgIpc) is 3.47. The molecule has 0 saturated carbocycles. The molecule has 1 amide bonds. The minimum atomic E-state index is -0.415. The second kappa shape index (κ2) is 9.77. The number of nitrogens with zero attached hydrogens (tertiary/aromatic N) is 5. The first kappa shape index (κ1) is 22.4. The van der Waals surface area contributed by atoms with Crippen LogP contribution in [0, 0.1) is 0 Å². The highest BCUT2D eigenvalue weighted by Gasteiger charge is 2.24. The SMILES string of the molecule is CCCCn1nc(C(C)C)c(C(N)=O)c1Cc1ccc(-c2ccccc2-c2nn[nH]n2)cc1. The summed E-state index contributed by atoms with van der Waals surface area (Å²) in [6, 6.07) is 16.3. The normalized spacial score (nSPS) is 11.3. The van der Waals surface area contributed by atoms with E-state index in [0.717, 1.165) is 53.0 Å². The fourth-order valence-corrected chi connectivity index (χ4v) is 4.06. The van der Waals surface area contributed by atoms with Gasteiger partial charge < -0.3 is 5.73 Å². The number of carbonyl (C=O) groups excluding carboxylic acids is 1. The van der Waals surface area contributed by atoms with Gasteiger partial charge in [0.2, 0.25) is 5.82 Å². The molecule has 0 spiro atoms. The lowest BCUT2D eigenvalue weighted by Gasteiger charge is -2.11. The monoisotopic (exact) mass is 443 g/mol. The molecule has 2 aromatic heterocycles. The van der Waals surface area contributed by atoms with E-state index in [-0.39, 0.29) is 5.92 Å². The molecule has 0 aliphatic rings. The van der Waals surface area contributed by atoms with Crippen LogP contribution in [0.15, 0.2) is 48.5 Å². The number of aryl methyl sites for hydroxylation is 1. The summed E-state index contributed by atoms with van der Waals surface area (Å²) in [7, 11) is 0. The third-order valence-electron chi connectivity index (χ3n) is 5.75. The van der Waals surface area contributed by atoms with Gasteiger partial charge in [0, 0.05) is 18.5 Å². The molecule has 0 saturated heterocycles. The summed E-state index contributed by atoms with van der Waals surface area (Å²) in [5.41, 5.74) is 12.1. The zero-order valence-electron chi connectivity index (χ0n) is 19.2. The van der Waals surface area contributed by atoms with E-state index in [1.165, 1.54) is 0 Å². The number of H-pyrrole nitrogens is 1. The summed E-state index contributed by atoms with van der Waals surface area (Å²) in [6.45, 7) is 7.00. The van der Waals surface area contributed by atoms with E-state index in [1.807, 2.05) is 42.8 Å². The molecule has 3 N–H and O–H groups in total. The maximum Gasteiger partial charge on any atom is 0.252 e. The van der Waals surface area contributed by atoms with E-state index >= 15 is 0 Å². The Kier molecular flexibility index (Phi) is 6.63. The van der Waals surface area contributed by atoms with Crippen molar-refractivity contribution in [3.63, 3.8) is 0 Å². The van der Waals surface area contributed by atoms with Crippen molar-refractivity contribution in [3.8, 4) is 22.5 Å². The number of carbonyl (C=O) groups is 1. The topological polar surface area (TPSA) is 115 Å². The number of hydrogen-bond donors (Lipinski definition) is 2. The van der Waals surface area contributed by atoms with Crippen LogP contribution in [0.4, 0.5) is 0 Å². The lowest BCUT2D eigenvalue weighted by atomic mass is 9.96. The summed E-state index contributed by atoms with van der Waals surface area (Å²) < 4.78 is 1.97. The number of unbranched alkanes of at least 4 members (excludes halogenated alkanes) is 1. The van der Waals surface area contributed by atoms with Crippen LogP contribution in [0.3, 0.4) is 0 Å². The molecule has 0 aliphatic heterocycles. The molecule has 8 nitrogen and oxygen atoms in total. The fraction of sp³-hybridized carbons (Fsp3) is 0.320. The van der Waals surface area contributed by atoms with Crippen LogP contribution in [-0.4, -0.2) is 36.3 Å². The molecule has 2 heterocycles. The maximum absolute atomic E-state index is 12.4. The third-order valence-corrected chi connectivity index (χ3v) is 5.75. The van der Waals surface area contributed by atoms with Crippen molar-refractivity contribution < 1.29 is 4.79 Å². The Labute approximate surface area is 193 Å². The zero-order chi connectivity index (χ0) is 23.4. The summed E-state index contributed by atoms with van der Waals surface area (Å²) in [6.07, 6.45) is 2.64. The van der Waals surface area contributed by atoms with Crippen LogP contribution < -0.4 is 5.73 Å². The number of primary amides is 1. The first-order valence-corrected chi connectivity index (χ1v) is 11.3. The number of tetrazole rings is 1. The highest BCUT2D eigenvalue weighted by Crippen LogP contribution is 2.30. The van der Waals surface area contributed by atoms with Crippen molar-refractivity contribution in [1.82, 2.24) is 30.4 Å². The van der Waals surface area contributed by atoms with Gasteiger partial charge in [-0.05, 0) is 34.2 Å². The number of nitrogens with one attached hydrogen (secondary N) is 1. The van der Waals surface area contributed by atoms with Crippen molar-refractivity contribution in [2.24, 2.45) is 5.73 Å². The van der Waals surface area contributed by atoms with Crippen LogP contribution in [0.1, 0.15) is 66.8 Å². The van der Waals surface area contributed by atoms with E-state index in [2.05, 4.69) is 51.8 Å². The van der Waals surface area contributed by atoms with Crippen molar-refractivity contribution >= 4 is 5.91 Å². The third kappa shape index (κ3) is 4.69. The Bertz CT molecular complexity index is 1220. The molecule has 33 heavy (non-hydrogen) atoms. The lowest BCUT2D eigenvalue weighted by molar-refractivity contribution is 0.0998. The van der Waals surface area contributed by atoms with E-state index in [4.69, 9.17) is 10.8 Å². The Morgan fingerprint density at radius 3 is 2.42 bits per heavy atom. The predicted octanol–water partition coefficient (Wildman–Crippen LogP) is 4.34. The molecular formula is C25H29N7O. The van der Waals surface area contributed by atoms with Gasteiger partial charge in [-0.25, -0.2) is 0 Å². The first-order chi connectivity index (χ1) is 16.0. The summed E-state index contributed by atoms with van der Waals surface area (Å²) >= 11 is 0. The van der Waals surface area contributed by atoms with Gasteiger partial charge in [0.1, 0.15) is 0 Å². The lowest BCUT2D eigenvalue weighted by Crippen LogP contribution is -2.16. The Morgan fingerprint density at radius 2 is 1.82 bits per heavy atom. The van der Waals surface area contributed by atoms with E-state index in [9.17, 15) is 4.79 Å². The van der Waals surface area contributed by atoms with Crippen molar-refractivity contribution in [2.75, 3.05) is 0 Å². The van der Waals surface area contributed by atoms with Crippen LogP contribution in [0.5, 0.6) is 0 Å². The largest absolute Gasteiger partial charge is 0.365 e. The number of amides is 1. The molecule has 0 unspecified atom stereocenters. The molecule has 0 aliphatic carbocycles. The summed E-state index contributed by atoms with van der Waals surface area (Å²) in [5, 5.41) is 19.2. The standard InChI is InChI=1S/C25H29N7O/c1-4-5-14-32-21(22(24(26)33)23(29-32)16(2)3)15-17-10-12-18(13-11-17)19-8-6-7-9-20(19)25-27-30-31-28-25/h6-13,16H,4-5,14-15H2,1-3H3,(H2,26,33)(H,27,28,30,31). The second-order valence-corrected chi connectivity index (χ2v) is 8.46. The molecule has 4 aromatic rings. The van der Waals surface area contributed by atoms with Gasteiger partial charge in [0.15, 0.2) is 0 Å². The quantitative estimate of drug-likeness (QED) is 0.399. The Balaban J connectivity index is 1.68. The number of rotatable bonds is 9. The molecule has 4 rings (SSSR count). The predicted molar refractivity (Wildman–Crippen MR) is 128 cm³/mol. The van der Waals surface area contributed by atoms with Crippen LogP contribution >= 0.6 is 0 Å². The number of aromatic amines is 1. The molecule has 170 valence electrons. The minimum Gasteiger partial charge on any atom is -0.365 e. The molecule has 0 radical (unpaired) electrons. The maximum atomic E-state index is 12.4. The van der Waals surface area contributed by atoms with Gasteiger partial charge in [-0.2, -0.15) is 10.3 Å². The van der Waals surface area contributed by atoms with Crippen LogP contribution in [0.25, 0.3) is 22.5 Å². The van der Waals surface area contributed by atoms with Crippen molar-refractivity contribution in [2.45, 2.75) is 52.5 Å². The van der Waals surface area contributed by atoms with Gasteiger partial charge >= 0.3 is 0 Å². The van der Waals surface area contributed by atoms with E-state index in [0.29, 0.717) is 17.8 Å². The smallest absolute Gasteiger partial charge is 0.252 e. The molecule has 0 atom stereocenters. The van der Waals surface area contributed by atoms with Gasteiger partial charge in [-0.1, -0.05) is 75.7 Å². The van der Waals surface area contributed by atoms with Crippen molar-refractivity contribution in [1.29, 1.82) is 0 Å². The first-order valence-electron chi connectivity index (χ1n) is 11.3. The molecule has 0 bridgehead atoms.